The summed E-state index contributed by atoms with van der Waals surface area (Å²) in [6.07, 6.45) is 0.499. The first kappa shape index (κ1) is 10.3. The first-order chi connectivity index (χ1) is 6.98. The molecule has 15 heavy (non-hydrogen) atoms. The van der Waals surface area contributed by atoms with E-state index in [1.165, 1.54) is 6.92 Å². The van der Waals surface area contributed by atoms with Crippen molar-refractivity contribution < 1.29 is 17.7 Å². The molecular weight excluding hydrogens is 220 g/mol. The molecule has 1 aromatic rings. The molecule has 7 heteroatoms. The van der Waals surface area contributed by atoms with Gasteiger partial charge in [-0.2, -0.15) is 4.98 Å². The summed E-state index contributed by atoms with van der Waals surface area (Å²) < 4.78 is 27.1. The van der Waals surface area contributed by atoms with Crippen molar-refractivity contribution in [1.29, 1.82) is 0 Å². The molecule has 1 aliphatic rings. The van der Waals surface area contributed by atoms with Crippen molar-refractivity contribution in [2.45, 2.75) is 19.3 Å². The first-order valence-electron chi connectivity index (χ1n) is 4.53. The molecule has 1 saturated heterocycles. The molecule has 0 bridgehead atoms. The van der Waals surface area contributed by atoms with Gasteiger partial charge in [0, 0.05) is 12.8 Å². The van der Waals surface area contributed by atoms with Crippen molar-refractivity contribution in [1.82, 2.24) is 10.1 Å². The van der Waals surface area contributed by atoms with E-state index in [-0.39, 0.29) is 29.1 Å². The van der Waals surface area contributed by atoms with E-state index in [2.05, 4.69) is 10.1 Å². The van der Waals surface area contributed by atoms with Gasteiger partial charge < -0.3 is 4.52 Å². The molecule has 0 saturated carbocycles. The summed E-state index contributed by atoms with van der Waals surface area (Å²) in [7, 11) is -2.96. The normalized spacial score (nSPS) is 24.2. The van der Waals surface area contributed by atoms with E-state index >= 15 is 0 Å². The van der Waals surface area contributed by atoms with Crippen LogP contribution < -0.4 is 0 Å². The lowest BCUT2D eigenvalue weighted by Crippen LogP contribution is -2.05. The minimum absolute atomic E-state index is 0.0455. The van der Waals surface area contributed by atoms with Gasteiger partial charge >= 0.3 is 0 Å². The number of rotatable bonds is 2. The molecule has 0 spiro atoms. The van der Waals surface area contributed by atoms with Gasteiger partial charge in [-0.25, -0.2) is 8.42 Å². The topological polar surface area (TPSA) is 90.1 Å². The number of carbonyl (C=O) groups is 1. The minimum Gasteiger partial charge on any atom is -0.331 e. The Morgan fingerprint density at radius 1 is 1.53 bits per heavy atom. The number of hydrogen-bond donors (Lipinski definition) is 0. The zero-order valence-corrected chi connectivity index (χ0v) is 8.95. The Kier molecular flexibility index (Phi) is 2.34. The third-order valence-corrected chi connectivity index (χ3v) is 4.11. The van der Waals surface area contributed by atoms with Crippen LogP contribution in [-0.4, -0.2) is 35.8 Å². The number of nitrogens with zero attached hydrogens (tertiary/aromatic N) is 2. The first-order valence-corrected chi connectivity index (χ1v) is 6.35. The molecule has 1 unspecified atom stereocenters. The van der Waals surface area contributed by atoms with Gasteiger partial charge in [-0.1, -0.05) is 5.16 Å². The molecular formula is C8H10N2O4S. The van der Waals surface area contributed by atoms with Gasteiger partial charge in [0.25, 0.3) is 5.89 Å². The maximum Gasteiger partial charge on any atom is 0.293 e. The Bertz CT molecular complexity index is 490. The van der Waals surface area contributed by atoms with Crippen LogP contribution in [0.1, 0.15) is 35.8 Å². The van der Waals surface area contributed by atoms with E-state index in [4.69, 9.17) is 4.52 Å². The van der Waals surface area contributed by atoms with Gasteiger partial charge in [0.2, 0.25) is 5.78 Å². The van der Waals surface area contributed by atoms with Gasteiger partial charge in [0.05, 0.1) is 11.5 Å². The molecule has 1 fully saturated rings. The maximum atomic E-state index is 11.2. The van der Waals surface area contributed by atoms with Crippen molar-refractivity contribution in [3.8, 4) is 0 Å². The fourth-order valence-electron chi connectivity index (χ4n) is 1.54. The number of hydrogen-bond acceptors (Lipinski definition) is 6. The largest absolute Gasteiger partial charge is 0.331 e. The number of ketones is 1. The minimum atomic E-state index is -2.96. The molecule has 1 atom stereocenters. The van der Waals surface area contributed by atoms with Crippen LogP contribution in [0.2, 0.25) is 0 Å². The van der Waals surface area contributed by atoms with Crippen LogP contribution in [0.5, 0.6) is 0 Å². The molecule has 1 aromatic heterocycles. The monoisotopic (exact) mass is 230 g/mol. The standard InChI is InChI=1S/C8H10N2O4S/c1-5(11)8-9-7(10-14-8)6-2-3-15(12,13)4-6/h6H,2-4H2,1H3. The van der Waals surface area contributed by atoms with E-state index in [1.54, 1.807) is 0 Å². The number of Topliss-reactive ketones (excluding diaryl/α,β-unsaturated/α-hetero) is 1. The van der Waals surface area contributed by atoms with Gasteiger partial charge in [-0.05, 0) is 6.42 Å². The Morgan fingerprint density at radius 3 is 2.73 bits per heavy atom. The lowest BCUT2D eigenvalue weighted by atomic mass is 10.1. The fraction of sp³-hybridized carbons (Fsp3) is 0.625. The quantitative estimate of drug-likeness (QED) is 0.673. The van der Waals surface area contributed by atoms with Crippen molar-refractivity contribution in [3.63, 3.8) is 0 Å². The maximum absolute atomic E-state index is 11.2. The molecule has 0 radical (unpaired) electrons. The zero-order chi connectivity index (χ0) is 11.1. The average Bonchev–Trinajstić information content (AvgIpc) is 2.70. The summed E-state index contributed by atoms with van der Waals surface area (Å²) in [5.74, 6) is -0.0806. The predicted molar refractivity (Wildman–Crippen MR) is 50.3 cm³/mol. The molecule has 2 rings (SSSR count). The predicted octanol–water partition coefficient (Wildman–Crippen LogP) is 0.174. The van der Waals surface area contributed by atoms with Gasteiger partial charge in [0.1, 0.15) is 0 Å². The Hall–Kier alpha value is -1.24. The third-order valence-electron chi connectivity index (χ3n) is 2.34. The Balaban J connectivity index is 2.21. The highest BCUT2D eigenvalue weighted by molar-refractivity contribution is 7.91. The van der Waals surface area contributed by atoms with Crippen molar-refractivity contribution >= 4 is 15.6 Å². The van der Waals surface area contributed by atoms with Crippen molar-refractivity contribution in [2.75, 3.05) is 11.5 Å². The van der Waals surface area contributed by atoms with Crippen molar-refractivity contribution in [3.05, 3.63) is 11.7 Å². The highest BCUT2D eigenvalue weighted by Gasteiger charge is 2.32. The highest BCUT2D eigenvalue weighted by atomic mass is 32.2. The molecule has 2 heterocycles. The highest BCUT2D eigenvalue weighted by Crippen LogP contribution is 2.26. The molecule has 0 aromatic carbocycles. The van der Waals surface area contributed by atoms with Gasteiger partial charge in [-0.15, -0.1) is 0 Å². The number of carbonyl (C=O) groups excluding carboxylic acids is 1. The zero-order valence-electron chi connectivity index (χ0n) is 8.13. The average molecular weight is 230 g/mol. The lowest BCUT2D eigenvalue weighted by molar-refractivity contribution is 0.0972. The summed E-state index contributed by atoms with van der Waals surface area (Å²) in [5, 5.41) is 3.61. The summed E-state index contributed by atoms with van der Waals surface area (Å²) >= 11 is 0. The second-order valence-corrected chi connectivity index (χ2v) is 5.84. The van der Waals surface area contributed by atoms with Crippen LogP contribution in [0, 0.1) is 0 Å². The molecule has 0 amide bonds. The van der Waals surface area contributed by atoms with Crippen LogP contribution in [-0.2, 0) is 9.84 Å². The molecule has 0 N–H and O–H groups in total. The van der Waals surface area contributed by atoms with Gasteiger partial charge in [0.15, 0.2) is 15.7 Å². The van der Waals surface area contributed by atoms with Gasteiger partial charge in [-0.3, -0.25) is 4.79 Å². The van der Waals surface area contributed by atoms with Crippen molar-refractivity contribution in [2.24, 2.45) is 0 Å². The summed E-state index contributed by atoms with van der Waals surface area (Å²) in [6.45, 7) is 1.32. The lowest BCUT2D eigenvalue weighted by Gasteiger charge is -1.97. The van der Waals surface area contributed by atoms with Crippen LogP contribution in [0.15, 0.2) is 4.52 Å². The SMILES string of the molecule is CC(=O)c1nc(C2CCS(=O)(=O)C2)no1. The molecule has 0 aliphatic carbocycles. The van der Waals surface area contributed by atoms with Crippen LogP contribution >= 0.6 is 0 Å². The number of aromatic nitrogens is 2. The van der Waals surface area contributed by atoms with Crippen LogP contribution in [0.25, 0.3) is 0 Å². The Morgan fingerprint density at radius 2 is 2.27 bits per heavy atom. The molecule has 6 nitrogen and oxygen atoms in total. The molecule has 1 aliphatic heterocycles. The Labute approximate surface area is 86.6 Å². The van der Waals surface area contributed by atoms with E-state index in [0.717, 1.165) is 0 Å². The van der Waals surface area contributed by atoms with E-state index in [9.17, 15) is 13.2 Å². The second kappa shape index (κ2) is 3.41. The smallest absolute Gasteiger partial charge is 0.293 e. The summed E-state index contributed by atoms with van der Waals surface area (Å²) in [4.78, 5) is 14.8. The number of sulfone groups is 1. The van der Waals surface area contributed by atoms with E-state index in [1.807, 2.05) is 0 Å². The van der Waals surface area contributed by atoms with E-state index in [0.29, 0.717) is 12.2 Å². The summed E-state index contributed by atoms with van der Waals surface area (Å²) in [5.41, 5.74) is 0. The van der Waals surface area contributed by atoms with Crippen LogP contribution in [0.3, 0.4) is 0 Å². The second-order valence-electron chi connectivity index (χ2n) is 3.61. The van der Waals surface area contributed by atoms with Crippen LogP contribution in [0.4, 0.5) is 0 Å². The fourth-order valence-corrected chi connectivity index (χ4v) is 3.28. The molecule has 82 valence electrons. The third kappa shape index (κ3) is 2.06. The van der Waals surface area contributed by atoms with E-state index < -0.39 is 9.84 Å². The summed E-state index contributed by atoms with van der Waals surface area (Å²) in [6, 6.07) is 0.